The van der Waals surface area contributed by atoms with Gasteiger partial charge in [0.25, 0.3) is 0 Å². The number of para-hydroxylation sites is 1. The van der Waals surface area contributed by atoms with Gasteiger partial charge in [-0.3, -0.25) is 9.69 Å². The van der Waals surface area contributed by atoms with Gasteiger partial charge in [0.05, 0.1) is 0 Å². The van der Waals surface area contributed by atoms with Crippen LogP contribution in [0.4, 0.5) is 5.69 Å². The maximum absolute atomic E-state index is 12.8. The van der Waals surface area contributed by atoms with Gasteiger partial charge in [0, 0.05) is 18.0 Å². The molecule has 1 saturated carbocycles. The van der Waals surface area contributed by atoms with Crippen molar-refractivity contribution in [3.63, 3.8) is 0 Å². The summed E-state index contributed by atoms with van der Waals surface area (Å²) >= 11 is 0. The Morgan fingerprint density at radius 2 is 1.81 bits per heavy atom. The van der Waals surface area contributed by atoms with Gasteiger partial charge < -0.3 is 5.11 Å². The number of nitrogens with zero attached hydrogens (tertiary/aromatic N) is 1. The zero-order valence-electron chi connectivity index (χ0n) is 12.3. The van der Waals surface area contributed by atoms with Crippen molar-refractivity contribution in [3.05, 3.63) is 29.8 Å². The Morgan fingerprint density at radius 1 is 1.14 bits per heavy atom. The molecule has 1 unspecified atom stereocenters. The highest BCUT2D eigenvalue weighted by Gasteiger charge is 2.41. The van der Waals surface area contributed by atoms with E-state index in [9.17, 15) is 14.7 Å². The second kappa shape index (κ2) is 5.51. The molecule has 0 bridgehead atoms. The molecule has 4 heteroatoms. The molecule has 4 nitrogen and oxygen atoms in total. The van der Waals surface area contributed by atoms with E-state index in [2.05, 4.69) is 6.92 Å². The Bertz CT molecular complexity index is 561. The number of carbonyl (C=O) groups excluding carboxylic acids is 1. The summed E-state index contributed by atoms with van der Waals surface area (Å²) in [7, 11) is 0. The second-order valence-electron chi connectivity index (χ2n) is 6.35. The first kappa shape index (κ1) is 14.1. The molecular weight excluding hydrogens is 266 g/mol. The number of amides is 1. The largest absolute Gasteiger partial charge is 0.480 e. The van der Waals surface area contributed by atoms with Crippen molar-refractivity contribution < 1.29 is 14.7 Å². The van der Waals surface area contributed by atoms with Crippen LogP contribution in [-0.2, 0) is 16.0 Å². The van der Waals surface area contributed by atoms with Crippen LogP contribution >= 0.6 is 0 Å². The number of aliphatic carboxylic acids is 1. The quantitative estimate of drug-likeness (QED) is 0.910. The highest BCUT2D eigenvalue weighted by atomic mass is 16.4. The third-order valence-electron chi connectivity index (χ3n) is 4.86. The fourth-order valence-corrected chi connectivity index (χ4v) is 3.56. The number of carbonyl (C=O) groups is 2. The number of hydrogen-bond donors (Lipinski definition) is 1. The molecule has 1 atom stereocenters. The van der Waals surface area contributed by atoms with Gasteiger partial charge >= 0.3 is 5.97 Å². The molecule has 1 amide bonds. The molecule has 1 fully saturated rings. The zero-order valence-corrected chi connectivity index (χ0v) is 12.3. The maximum Gasteiger partial charge on any atom is 0.327 e. The van der Waals surface area contributed by atoms with Crippen molar-refractivity contribution in [1.82, 2.24) is 0 Å². The van der Waals surface area contributed by atoms with Crippen LogP contribution in [0.5, 0.6) is 0 Å². The van der Waals surface area contributed by atoms with Crippen molar-refractivity contribution in [2.24, 2.45) is 11.8 Å². The standard InChI is InChI=1S/C17H21NO3/c1-11-6-8-12(9-7-11)16(19)18-14-5-3-2-4-13(14)10-15(18)17(20)21/h2-5,11-12,15H,6-10H2,1H3,(H,20,21). The molecule has 1 N–H and O–H groups in total. The van der Waals surface area contributed by atoms with E-state index in [0.29, 0.717) is 12.3 Å². The first-order valence-corrected chi connectivity index (χ1v) is 7.71. The maximum atomic E-state index is 12.8. The topological polar surface area (TPSA) is 57.6 Å². The molecule has 1 heterocycles. The Kier molecular flexibility index (Phi) is 3.70. The Labute approximate surface area is 124 Å². The average Bonchev–Trinajstić information content (AvgIpc) is 2.87. The summed E-state index contributed by atoms with van der Waals surface area (Å²) in [6, 6.07) is 6.80. The number of rotatable bonds is 2. The predicted molar refractivity (Wildman–Crippen MR) is 80.2 cm³/mol. The van der Waals surface area contributed by atoms with Crippen LogP contribution in [0, 0.1) is 11.8 Å². The van der Waals surface area contributed by atoms with Gasteiger partial charge in [-0.1, -0.05) is 25.1 Å². The van der Waals surface area contributed by atoms with Gasteiger partial charge in [-0.15, -0.1) is 0 Å². The van der Waals surface area contributed by atoms with Crippen molar-refractivity contribution in [2.45, 2.75) is 45.1 Å². The van der Waals surface area contributed by atoms with Crippen molar-refractivity contribution >= 4 is 17.6 Å². The van der Waals surface area contributed by atoms with E-state index in [4.69, 9.17) is 0 Å². The van der Waals surface area contributed by atoms with Gasteiger partial charge in [-0.05, 0) is 43.2 Å². The molecule has 21 heavy (non-hydrogen) atoms. The van der Waals surface area contributed by atoms with Crippen LogP contribution in [0.2, 0.25) is 0 Å². The van der Waals surface area contributed by atoms with E-state index in [1.807, 2.05) is 24.3 Å². The lowest BCUT2D eigenvalue weighted by molar-refractivity contribution is -0.140. The summed E-state index contributed by atoms with van der Waals surface area (Å²) in [6.07, 6.45) is 4.30. The number of carboxylic acid groups (broad SMARTS) is 1. The summed E-state index contributed by atoms with van der Waals surface area (Å²) in [5.74, 6) is -0.257. The molecule has 0 aromatic heterocycles. The van der Waals surface area contributed by atoms with Gasteiger partial charge in [0.1, 0.15) is 6.04 Å². The third kappa shape index (κ3) is 2.55. The number of hydrogen-bond acceptors (Lipinski definition) is 2. The number of benzene rings is 1. The highest BCUT2D eigenvalue weighted by molar-refractivity contribution is 6.03. The minimum Gasteiger partial charge on any atom is -0.480 e. The highest BCUT2D eigenvalue weighted by Crippen LogP contribution is 2.36. The van der Waals surface area contributed by atoms with Crippen LogP contribution in [0.25, 0.3) is 0 Å². The van der Waals surface area contributed by atoms with E-state index in [-0.39, 0.29) is 11.8 Å². The Balaban J connectivity index is 1.87. The van der Waals surface area contributed by atoms with Crippen molar-refractivity contribution in [2.75, 3.05) is 4.90 Å². The van der Waals surface area contributed by atoms with E-state index >= 15 is 0 Å². The van der Waals surface area contributed by atoms with Crippen molar-refractivity contribution in [3.8, 4) is 0 Å². The van der Waals surface area contributed by atoms with Crippen LogP contribution in [0.3, 0.4) is 0 Å². The lowest BCUT2D eigenvalue weighted by Crippen LogP contribution is -2.46. The lowest BCUT2D eigenvalue weighted by Gasteiger charge is -2.31. The number of anilines is 1. The molecule has 3 rings (SSSR count). The van der Waals surface area contributed by atoms with Gasteiger partial charge in [0.15, 0.2) is 0 Å². The molecule has 1 aromatic rings. The number of carboxylic acids is 1. The van der Waals surface area contributed by atoms with E-state index in [0.717, 1.165) is 36.9 Å². The summed E-state index contributed by atoms with van der Waals surface area (Å²) in [4.78, 5) is 25.9. The molecule has 2 aliphatic rings. The smallest absolute Gasteiger partial charge is 0.327 e. The minimum atomic E-state index is -0.913. The van der Waals surface area contributed by atoms with Crippen LogP contribution in [0.15, 0.2) is 24.3 Å². The third-order valence-corrected chi connectivity index (χ3v) is 4.86. The fourth-order valence-electron chi connectivity index (χ4n) is 3.56. The van der Waals surface area contributed by atoms with Crippen molar-refractivity contribution in [1.29, 1.82) is 0 Å². The monoisotopic (exact) mass is 287 g/mol. The molecule has 1 aromatic carbocycles. The summed E-state index contributed by atoms with van der Waals surface area (Å²) in [5, 5.41) is 9.45. The summed E-state index contributed by atoms with van der Waals surface area (Å²) < 4.78 is 0. The van der Waals surface area contributed by atoms with E-state index in [1.165, 1.54) is 0 Å². The molecule has 0 spiro atoms. The lowest BCUT2D eigenvalue weighted by atomic mass is 9.82. The molecular formula is C17H21NO3. The number of fused-ring (bicyclic) bond motifs is 1. The van der Waals surface area contributed by atoms with Crippen LogP contribution < -0.4 is 4.90 Å². The van der Waals surface area contributed by atoms with Gasteiger partial charge in [0.2, 0.25) is 5.91 Å². The minimum absolute atomic E-state index is 0.000694. The van der Waals surface area contributed by atoms with E-state index < -0.39 is 12.0 Å². The fraction of sp³-hybridized carbons (Fsp3) is 0.529. The summed E-state index contributed by atoms with van der Waals surface area (Å²) in [5.41, 5.74) is 1.75. The molecule has 1 aliphatic carbocycles. The average molecular weight is 287 g/mol. The second-order valence-corrected chi connectivity index (χ2v) is 6.35. The first-order chi connectivity index (χ1) is 10.1. The Hall–Kier alpha value is -1.84. The SMILES string of the molecule is CC1CCC(C(=O)N2c3ccccc3CC2C(=O)O)CC1. The summed E-state index contributed by atoms with van der Waals surface area (Å²) in [6.45, 7) is 2.21. The van der Waals surface area contributed by atoms with Gasteiger partial charge in [-0.2, -0.15) is 0 Å². The van der Waals surface area contributed by atoms with Crippen LogP contribution in [-0.4, -0.2) is 23.0 Å². The first-order valence-electron chi connectivity index (χ1n) is 7.71. The molecule has 0 radical (unpaired) electrons. The van der Waals surface area contributed by atoms with Gasteiger partial charge in [-0.25, -0.2) is 4.79 Å². The van der Waals surface area contributed by atoms with E-state index in [1.54, 1.807) is 4.90 Å². The normalized spacial score (nSPS) is 28.2. The predicted octanol–water partition coefficient (Wildman–Crippen LogP) is 2.86. The molecule has 0 saturated heterocycles. The molecule has 1 aliphatic heterocycles. The zero-order chi connectivity index (χ0) is 15.0. The Morgan fingerprint density at radius 3 is 2.48 bits per heavy atom. The van der Waals surface area contributed by atoms with Crippen LogP contribution in [0.1, 0.15) is 38.2 Å². The molecule has 112 valence electrons.